The second-order valence-corrected chi connectivity index (χ2v) is 4.46. The average Bonchev–Trinajstić information content (AvgIpc) is 2.47. The normalized spacial score (nSPS) is 10.6. The van der Waals surface area contributed by atoms with Gasteiger partial charge in [-0.25, -0.2) is 9.78 Å². The summed E-state index contributed by atoms with van der Waals surface area (Å²) in [6.07, 6.45) is 2.51. The molecule has 0 aliphatic carbocycles. The number of nitrogens with zero attached hydrogens (tertiary/aromatic N) is 2. The van der Waals surface area contributed by atoms with Gasteiger partial charge in [0.15, 0.2) is 0 Å². The number of hydrogen-bond donors (Lipinski definition) is 2. The second-order valence-electron chi connectivity index (χ2n) is 4.46. The zero-order valence-corrected chi connectivity index (χ0v) is 12.5. The molecule has 112 valence electrons. The molecular formula is C14H24N4O2. The molecule has 0 saturated carbocycles. The van der Waals surface area contributed by atoms with Crippen LogP contribution in [0.4, 0.5) is 11.5 Å². The molecule has 1 aromatic heterocycles. The predicted molar refractivity (Wildman–Crippen MR) is 80.9 cm³/mol. The number of anilines is 2. The molecule has 1 rings (SSSR count). The molecule has 0 amide bonds. The van der Waals surface area contributed by atoms with E-state index in [4.69, 9.17) is 10.5 Å². The van der Waals surface area contributed by atoms with Crippen LogP contribution in [0.3, 0.4) is 0 Å². The van der Waals surface area contributed by atoms with Gasteiger partial charge in [0.25, 0.3) is 0 Å². The van der Waals surface area contributed by atoms with Crippen LogP contribution >= 0.6 is 0 Å². The van der Waals surface area contributed by atoms with Gasteiger partial charge in [-0.3, -0.25) is 0 Å². The summed E-state index contributed by atoms with van der Waals surface area (Å²) in [4.78, 5) is 18.2. The topological polar surface area (TPSA) is 80.5 Å². The molecule has 1 aromatic rings. The molecule has 0 radical (unpaired) electrons. The Morgan fingerprint density at radius 3 is 2.75 bits per heavy atom. The van der Waals surface area contributed by atoms with Gasteiger partial charge >= 0.3 is 5.97 Å². The van der Waals surface area contributed by atoms with E-state index in [-0.39, 0.29) is 0 Å². The minimum absolute atomic E-state index is 0.371. The number of methoxy groups -OCH3 is 1. The van der Waals surface area contributed by atoms with Gasteiger partial charge in [0.2, 0.25) is 0 Å². The number of aromatic nitrogens is 1. The standard InChI is InChI=1S/C14H24N4O2/c1-4-18(5-2)8-6-7-16-13-12(14(19)20-3)9-11(15)10-17-13/h9-10H,4-8,15H2,1-3H3,(H,16,17). The number of carbonyl (C=O) groups excluding carboxylic acids is 1. The van der Waals surface area contributed by atoms with Gasteiger partial charge in [0, 0.05) is 6.54 Å². The van der Waals surface area contributed by atoms with Gasteiger partial charge in [0.1, 0.15) is 11.4 Å². The Hall–Kier alpha value is -1.82. The number of pyridine rings is 1. The van der Waals surface area contributed by atoms with E-state index in [0.717, 1.165) is 32.6 Å². The molecule has 0 atom stereocenters. The van der Waals surface area contributed by atoms with E-state index >= 15 is 0 Å². The maximum Gasteiger partial charge on any atom is 0.341 e. The van der Waals surface area contributed by atoms with Gasteiger partial charge in [0.05, 0.1) is 19.0 Å². The lowest BCUT2D eigenvalue weighted by atomic mass is 10.2. The van der Waals surface area contributed by atoms with Gasteiger partial charge < -0.3 is 20.7 Å². The molecule has 3 N–H and O–H groups in total. The largest absolute Gasteiger partial charge is 0.465 e. The summed E-state index contributed by atoms with van der Waals surface area (Å²) in [6, 6.07) is 1.57. The number of nitrogens with one attached hydrogen (secondary N) is 1. The molecule has 0 bridgehead atoms. The zero-order valence-electron chi connectivity index (χ0n) is 12.5. The van der Waals surface area contributed by atoms with Crippen LogP contribution in [0.2, 0.25) is 0 Å². The first-order valence-electron chi connectivity index (χ1n) is 6.92. The first-order valence-corrected chi connectivity index (χ1v) is 6.92. The molecule has 0 saturated heterocycles. The quantitative estimate of drug-likeness (QED) is 0.556. The first kappa shape index (κ1) is 16.2. The molecule has 0 aliphatic heterocycles. The average molecular weight is 280 g/mol. The van der Waals surface area contributed by atoms with Gasteiger partial charge in [-0.1, -0.05) is 13.8 Å². The monoisotopic (exact) mass is 280 g/mol. The molecule has 6 heteroatoms. The molecule has 20 heavy (non-hydrogen) atoms. The van der Waals surface area contributed by atoms with Crippen LogP contribution in [0, 0.1) is 0 Å². The lowest BCUT2D eigenvalue weighted by Gasteiger charge is -2.18. The van der Waals surface area contributed by atoms with Crippen molar-refractivity contribution >= 4 is 17.5 Å². The third-order valence-electron chi connectivity index (χ3n) is 3.15. The van der Waals surface area contributed by atoms with Crippen LogP contribution in [0.1, 0.15) is 30.6 Å². The minimum Gasteiger partial charge on any atom is -0.465 e. The van der Waals surface area contributed by atoms with Gasteiger partial charge in [-0.2, -0.15) is 0 Å². The highest BCUT2D eigenvalue weighted by molar-refractivity contribution is 5.95. The van der Waals surface area contributed by atoms with Crippen LogP contribution in [-0.2, 0) is 4.74 Å². The lowest BCUT2D eigenvalue weighted by Crippen LogP contribution is -2.25. The highest BCUT2D eigenvalue weighted by atomic mass is 16.5. The lowest BCUT2D eigenvalue weighted by molar-refractivity contribution is 0.0601. The second kappa shape index (κ2) is 8.37. The van der Waals surface area contributed by atoms with Crippen LogP contribution in [0.25, 0.3) is 0 Å². The molecule has 0 aliphatic rings. The third kappa shape index (κ3) is 4.70. The van der Waals surface area contributed by atoms with Crippen LogP contribution in [0.5, 0.6) is 0 Å². The van der Waals surface area contributed by atoms with Crippen molar-refractivity contribution in [2.75, 3.05) is 44.3 Å². The van der Waals surface area contributed by atoms with Gasteiger partial charge in [-0.15, -0.1) is 0 Å². The predicted octanol–water partition coefficient (Wildman–Crippen LogP) is 1.59. The molecule has 1 heterocycles. The smallest absolute Gasteiger partial charge is 0.341 e. The molecule has 0 fully saturated rings. The molecule has 0 spiro atoms. The molecular weight excluding hydrogens is 256 g/mol. The maximum absolute atomic E-state index is 11.7. The van der Waals surface area contributed by atoms with E-state index in [1.165, 1.54) is 13.3 Å². The fourth-order valence-corrected chi connectivity index (χ4v) is 1.94. The van der Waals surface area contributed by atoms with Crippen molar-refractivity contribution in [1.82, 2.24) is 9.88 Å². The van der Waals surface area contributed by atoms with Crippen molar-refractivity contribution in [1.29, 1.82) is 0 Å². The van der Waals surface area contributed by atoms with Gasteiger partial charge in [-0.05, 0) is 32.1 Å². The van der Waals surface area contributed by atoms with Crippen LogP contribution in [-0.4, -0.2) is 49.1 Å². The fraction of sp³-hybridized carbons (Fsp3) is 0.571. The van der Waals surface area contributed by atoms with E-state index < -0.39 is 5.97 Å². The Bertz CT molecular complexity index is 433. The van der Waals surface area contributed by atoms with E-state index in [9.17, 15) is 4.79 Å². The van der Waals surface area contributed by atoms with Crippen molar-refractivity contribution in [2.24, 2.45) is 0 Å². The summed E-state index contributed by atoms with van der Waals surface area (Å²) in [5, 5.41) is 3.17. The summed E-state index contributed by atoms with van der Waals surface area (Å²) in [7, 11) is 1.34. The maximum atomic E-state index is 11.7. The van der Waals surface area contributed by atoms with Crippen molar-refractivity contribution in [2.45, 2.75) is 20.3 Å². The SMILES string of the molecule is CCN(CC)CCCNc1ncc(N)cc1C(=O)OC. The van der Waals surface area contributed by atoms with Crippen molar-refractivity contribution in [3.05, 3.63) is 17.8 Å². The molecule has 6 nitrogen and oxygen atoms in total. The van der Waals surface area contributed by atoms with E-state index in [2.05, 4.69) is 29.0 Å². The number of rotatable bonds is 8. The highest BCUT2D eigenvalue weighted by Gasteiger charge is 2.13. The summed E-state index contributed by atoms with van der Waals surface area (Å²) < 4.78 is 4.73. The Morgan fingerprint density at radius 2 is 2.15 bits per heavy atom. The van der Waals surface area contributed by atoms with Crippen molar-refractivity contribution in [3.8, 4) is 0 Å². The molecule has 0 unspecified atom stereocenters. The summed E-state index contributed by atoms with van der Waals surface area (Å²) >= 11 is 0. The van der Waals surface area contributed by atoms with E-state index in [0.29, 0.717) is 17.1 Å². The number of esters is 1. The minimum atomic E-state index is -0.434. The number of carbonyl (C=O) groups is 1. The first-order chi connectivity index (χ1) is 9.62. The number of nitrogens with two attached hydrogens (primary N) is 1. The Kier molecular flexibility index (Phi) is 6.79. The Morgan fingerprint density at radius 1 is 1.45 bits per heavy atom. The number of ether oxygens (including phenoxy) is 1. The Balaban J connectivity index is 2.57. The van der Waals surface area contributed by atoms with Crippen molar-refractivity contribution < 1.29 is 9.53 Å². The fourth-order valence-electron chi connectivity index (χ4n) is 1.94. The van der Waals surface area contributed by atoms with E-state index in [1.54, 1.807) is 6.07 Å². The summed E-state index contributed by atoms with van der Waals surface area (Å²) in [6.45, 7) is 8.15. The zero-order chi connectivity index (χ0) is 15.0. The van der Waals surface area contributed by atoms with E-state index in [1.807, 2.05) is 0 Å². The third-order valence-corrected chi connectivity index (χ3v) is 3.15. The summed E-state index contributed by atoms with van der Waals surface area (Å²) in [5.74, 6) is 0.0849. The number of hydrogen-bond acceptors (Lipinski definition) is 6. The summed E-state index contributed by atoms with van der Waals surface area (Å²) in [5.41, 5.74) is 6.46. The highest BCUT2D eigenvalue weighted by Crippen LogP contribution is 2.16. The van der Waals surface area contributed by atoms with Crippen LogP contribution in [0.15, 0.2) is 12.3 Å². The van der Waals surface area contributed by atoms with Crippen molar-refractivity contribution in [3.63, 3.8) is 0 Å². The number of nitrogen functional groups attached to an aromatic ring is 1. The molecule has 0 aromatic carbocycles. The Labute approximate surface area is 120 Å². The van der Waals surface area contributed by atoms with Crippen LogP contribution < -0.4 is 11.1 Å².